The summed E-state index contributed by atoms with van der Waals surface area (Å²) in [4.78, 5) is 1.22. The molecule has 1 unspecified atom stereocenters. The quantitative estimate of drug-likeness (QED) is 0.661. The second kappa shape index (κ2) is 8.27. The van der Waals surface area contributed by atoms with Crippen molar-refractivity contribution in [3.8, 4) is 11.8 Å². The molecule has 0 aliphatic rings. The Morgan fingerprint density at radius 1 is 1.21 bits per heavy atom. The molecule has 0 radical (unpaired) electrons. The Kier molecular flexibility index (Phi) is 7.01. The molecule has 0 bridgehead atoms. The van der Waals surface area contributed by atoms with Crippen LogP contribution >= 0.6 is 11.8 Å². The van der Waals surface area contributed by atoms with Crippen LogP contribution in [0, 0.1) is 11.8 Å². The molecule has 0 spiro atoms. The van der Waals surface area contributed by atoms with Crippen LogP contribution in [0.25, 0.3) is 0 Å². The van der Waals surface area contributed by atoms with Gasteiger partial charge in [-0.05, 0) is 32.9 Å². The summed E-state index contributed by atoms with van der Waals surface area (Å²) >= 11 is 1.70. The normalized spacial score (nSPS) is 12.6. The summed E-state index contributed by atoms with van der Waals surface area (Å²) < 4.78 is 5.49. The van der Waals surface area contributed by atoms with Gasteiger partial charge in [-0.25, -0.2) is 0 Å². The molecule has 0 saturated carbocycles. The van der Waals surface area contributed by atoms with Crippen molar-refractivity contribution in [1.29, 1.82) is 0 Å². The molecule has 1 atom stereocenters. The highest BCUT2D eigenvalue weighted by atomic mass is 32.2. The van der Waals surface area contributed by atoms with E-state index in [9.17, 15) is 5.11 Å². The number of hydrogen-bond donors (Lipinski definition) is 1. The molecule has 0 heterocycles. The summed E-state index contributed by atoms with van der Waals surface area (Å²) in [6.07, 6.45) is -0.0423. The molecule has 3 heteroatoms. The summed E-state index contributed by atoms with van der Waals surface area (Å²) in [7, 11) is 0. The highest BCUT2D eigenvalue weighted by molar-refractivity contribution is 7.99. The maximum Gasteiger partial charge on any atom is 0.0882 e. The zero-order chi connectivity index (χ0) is 14.1. The van der Waals surface area contributed by atoms with Gasteiger partial charge in [0.05, 0.1) is 24.1 Å². The molecule has 1 rings (SSSR count). The van der Waals surface area contributed by atoms with E-state index in [1.54, 1.807) is 11.8 Å². The molecule has 104 valence electrons. The molecule has 1 aromatic rings. The van der Waals surface area contributed by atoms with Crippen molar-refractivity contribution in [1.82, 2.24) is 0 Å². The Balaban J connectivity index is 2.17. The molecule has 1 N–H and O–H groups in total. The fourth-order valence-electron chi connectivity index (χ4n) is 1.28. The number of rotatable bonds is 5. The van der Waals surface area contributed by atoms with Gasteiger partial charge in [-0.2, -0.15) is 0 Å². The van der Waals surface area contributed by atoms with Crippen LogP contribution in [0.5, 0.6) is 0 Å². The number of hydrogen-bond acceptors (Lipinski definition) is 3. The summed E-state index contributed by atoms with van der Waals surface area (Å²) in [6.45, 7) is 6.26. The monoisotopic (exact) mass is 278 g/mol. The summed E-state index contributed by atoms with van der Waals surface area (Å²) in [6, 6.07) is 10.2. The van der Waals surface area contributed by atoms with Gasteiger partial charge in [0.1, 0.15) is 0 Å². The molecule has 0 aliphatic heterocycles. The van der Waals surface area contributed by atoms with Crippen molar-refractivity contribution in [3.63, 3.8) is 0 Å². The molecular formula is C16H22O2S. The lowest BCUT2D eigenvalue weighted by Crippen LogP contribution is -2.25. The second-order valence-electron chi connectivity index (χ2n) is 5.24. The van der Waals surface area contributed by atoms with E-state index >= 15 is 0 Å². The van der Waals surface area contributed by atoms with E-state index in [1.165, 1.54) is 4.90 Å². The zero-order valence-corrected chi connectivity index (χ0v) is 12.7. The van der Waals surface area contributed by atoms with Crippen LogP contribution in [0.4, 0.5) is 0 Å². The topological polar surface area (TPSA) is 29.5 Å². The molecular weight excluding hydrogens is 256 g/mol. The van der Waals surface area contributed by atoms with E-state index in [0.29, 0.717) is 13.0 Å². The molecule has 1 aromatic carbocycles. The van der Waals surface area contributed by atoms with Crippen LogP contribution < -0.4 is 0 Å². The van der Waals surface area contributed by atoms with Crippen molar-refractivity contribution in [3.05, 3.63) is 30.3 Å². The number of benzene rings is 1. The van der Waals surface area contributed by atoms with E-state index in [-0.39, 0.29) is 5.60 Å². The third-order valence-electron chi connectivity index (χ3n) is 2.23. The second-order valence-corrected chi connectivity index (χ2v) is 6.29. The Bertz CT molecular complexity index is 412. The van der Waals surface area contributed by atoms with Crippen LogP contribution in [0.2, 0.25) is 0 Å². The molecule has 0 fully saturated rings. The lowest BCUT2D eigenvalue weighted by molar-refractivity contribution is -0.0470. The minimum Gasteiger partial charge on any atom is -0.390 e. The summed E-state index contributed by atoms with van der Waals surface area (Å²) in [5.41, 5.74) is -0.211. The summed E-state index contributed by atoms with van der Waals surface area (Å²) in [5.74, 6) is 6.80. The molecule has 0 aliphatic carbocycles. The van der Waals surface area contributed by atoms with Gasteiger partial charge in [0.15, 0.2) is 0 Å². The number of aliphatic hydroxyl groups excluding tert-OH is 1. The van der Waals surface area contributed by atoms with E-state index in [1.807, 2.05) is 39.0 Å². The molecule has 0 aromatic heterocycles. The van der Waals surface area contributed by atoms with Crippen molar-refractivity contribution >= 4 is 11.8 Å². The highest BCUT2D eigenvalue weighted by Gasteiger charge is 2.12. The third kappa shape index (κ3) is 8.72. The largest absolute Gasteiger partial charge is 0.390 e. The Labute approximate surface area is 120 Å². The minimum absolute atomic E-state index is 0.211. The molecule has 2 nitrogen and oxygen atoms in total. The van der Waals surface area contributed by atoms with Crippen LogP contribution in [0.1, 0.15) is 27.2 Å². The Morgan fingerprint density at radius 2 is 1.89 bits per heavy atom. The van der Waals surface area contributed by atoms with Crippen LogP contribution in [0.3, 0.4) is 0 Å². The lowest BCUT2D eigenvalue weighted by atomic mass is 10.2. The van der Waals surface area contributed by atoms with Gasteiger partial charge in [-0.15, -0.1) is 11.8 Å². The van der Waals surface area contributed by atoms with Gasteiger partial charge in [-0.3, -0.25) is 0 Å². The number of thioether (sulfide) groups is 1. The lowest BCUT2D eigenvalue weighted by Gasteiger charge is -2.21. The number of ether oxygens (including phenoxy) is 1. The maximum absolute atomic E-state index is 9.69. The number of aliphatic hydroxyl groups is 1. The Hall–Kier alpha value is -0.950. The average molecular weight is 278 g/mol. The van der Waals surface area contributed by atoms with E-state index in [4.69, 9.17) is 4.74 Å². The van der Waals surface area contributed by atoms with E-state index < -0.39 is 6.10 Å². The SMILES string of the molecule is CC(C)(C)OCC(O)CC#CCSc1ccccc1. The van der Waals surface area contributed by atoms with Crippen LogP contribution in [-0.4, -0.2) is 29.2 Å². The van der Waals surface area contributed by atoms with Gasteiger partial charge < -0.3 is 9.84 Å². The van der Waals surface area contributed by atoms with Gasteiger partial charge >= 0.3 is 0 Å². The summed E-state index contributed by atoms with van der Waals surface area (Å²) in [5, 5.41) is 9.69. The zero-order valence-electron chi connectivity index (χ0n) is 11.8. The van der Waals surface area contributed by atoms with Crippen molar-refractivity contribution in [2.24, 2.45) is 0 Å². The van der Waals surface area contributed by atoms with Crippen molar-refractivity contribution < 1.29 is 9.84 Å². The van der Waals surface area contributed by atoms with Crippen molar-refractivity contribution in [2.45, 2.75) is 43.8 Å². The molecule has 0 amide bonds. The first-order valence-corrected chi connectivity index (χ1v) is 7.41. The van der Waals surface area contributed by atoms with Gasteiger partial charge in [0, 0.05) is 11.3 Å². The smallest absolute Gasteiger partial charge is 0.0882 e. The Morgan fingerprint density at radius 3 is 2.53 bits per heavy atom. The fraction of sp³-hybridized carbons (Fsp3) is 0.500. The van der Waals surface area contributed by atoms with Gasteiger partial charge in [-0.1, -0.05) is 30.0 Å². The first kappa shape index (κ1) is 16.1. The fourth-order valence-corrected chi connectivity index (χ4v) is 1.97. The average Bonchev–Trinajstić information content (AvgIpc) is 2.36. The van der Waals surface area contributed by atoms with Crippen molar-refractivity contribution in [2.75, 3.05) is 12.4 Å². The van der Waals surface area contributed by atoms with Crippen LogP contribution in [-0.2, 0) is 4.74 Å². The minimum atomic E-state index is -0.506. The predicted octanol–water partition coefficient (Wildman–Crippen LogP) is 3.35. The third-order valence-corrected chi connectivity index (χ3v) is 3.12. The van der Waals surface area contributed by atoms with E-state index in [0.717, 1.165) is 5.75 Å². The molecule has 0 saturated heterocycles. The molecule has 19 heavy (non-hydrogen) atoms. The first-order chi connectivity index (χ1) is 8.97. The van der Waals surface area contributed by atoms with Crippen LogP contribution in [0.15, 0.2) is 35.2 Å². The van der Waals surface area contributed by atoms with E-state index in [2.05, 4.69) is 24.0 Å². The predicted molar refractivity (Wildman–Crippen MR) is 81.3 cm³/mol. The maximum atomic E-state index is 9.69. The highest BCUT2D eigenvalue weighted by Crippen LogP contribution is 2.15. The standard InChI is InChI=1S/C16H22O2S/c1-16(2,3)18-13-14(17)9-7-8-12-19-15-10-5-4-6-11-15/h4-6,10-11,14,17H,9,12-13H2,1-3H3. The van der Waals surface area contributed by atoms with Gasteiger partial charge in [0.2, 0.25) is 0 Å². The first-order valence-electron chi connectivity index (χ1n) is 6.43. The van der Waals surface area contributed by atoms with Gasteiger partial charge in [0.25, 0.3) is 0 Å².